The van der Waals surface area contributed by atoms with Crippen molar-refractivity contribution in [1.29, 1.82) is 0 Å². The predicted molar refractivity (Wildman–Crippen MR) is 96.9 cm³/mol. The zero-order valence-corrected chi connectivity index (χ0v) is 14.1. The highest BCUT2D eigenvalue weighted by Crippen LogP contribution is 2.33. The fourth-order valence-electron chi connectivity index (χ4n) is 2.54. The summed E-state index contributed by atoms with van der Waals surface area (Å²) in [6.45, 7) is 0.490. The minimum Gasteiger partial charge on any atom is -0.320 e. The van der Waals surface area contributed by atoms with Crippen LogP contribution in [0.1, 0.15) is 11.1 Å². The van der Waals surface area contributed by atoms with Crippen LogP contribution in [0.4, 0.5) is 18.9 Å². The van der Waals surface area contributed by atoms with Crippen molar-refractivity contribution in [1.82, 2.24) is 9.78 Å². The Morgan fingerprint density at radius 3 is 2.30 bits per heavy atom. The lowest BCUT2D eigenvalue weighted by atomic mass is 10.1. The Hall–Kier alpha value is -3.35. The average Bonchev–Trinajstić information content (AvgIpc) is 3.07. The van der Waals surface area contributed by atoms with Crippen LogP contribution < -0.4 is 5.32 Å². The summed E-state index contributed by atoms with van der Waals surface area (Å²) in [6.07, 6.45) is -1.13. The Bertz CT molecular complexity index is 932. The van der Waals surface area contributed by atoms with Crippen LogP contribution in [0.3, 0.4) is 0 Å². The SMILES string of the molecule is O=C(/C=C(\c1ccccc1)C(F)(F)F)Nc1cnn(Cc2ccccc2)c1. The van der Waals surface area contributed by atoms with Gasteiger partial charge in [0.2, 0.25) is 5.91 Å². The monoisotopic (exact) mass is 371 g/mol. The summed E-state index contributed by atoms with van der Waals surface area (Å²) in [4.78, 5) is 12.1. The number of carbonyl (C=O) groups is 1. The number of amides is 1. The van der Waals surface area contributed by atoms with Gasteiger partial charge in [-0.05, 0) is 11.1 Å². The third-order valence-electron chi connectivity index (χ3n) is 3.75. The molecule has 3 rings (SSSR count). The van der Waals surface area contributed by atoms with Crippen LogP contribution >= 0.6 is 0 Å². The topological polar surface area (TPSA) is 46.9 Å². The highest BCUT2D eigenvalue weighted by Gasteiger charge is 2.35. The molecule has 0 fully saturated rings. The smallest absolute Gasteiger partial charge is 0.320 e. The molecule has 138 valence electrons. The minimum absolute atomic E-state index is 0.0695. The summed E-state index contributed by atoms with van der Waals surface area (Å²) < 4.78 is 41.5. The summed E-state index contributed by atoms with van der Waals surface area (Å²) >= 11 is 0. The van der Waals surface area contributed by atoms with Gasteiger partial charge in [-0.25, -0.2) is 0 Å². The van der Waals surface area contributed by atoms with Crippen molar-refractivity contribution in [3.8, 4) is 0 Å². The Labute approximate surface area is 153 Å². The highest BCUT2D eigenvalue weighted by molar-refractivity contribution is 6.04. The van der Waals surface area contributed by atoms with Crippen molar-refractivity contribution >= 4 is 17.2 Å². The molecule has 0 spiro atoms. The Kier molecular flexibility index (Phi) is 5.40. The fraction of sp³-hybridized carbons (Fsp3) is 0.100. The number of nitrogens with one attached hydrogen (secondary N) is 1. The van der Waals surface area contributed by atoms with Gasteiger partial charge in [0.15, 0.2) is 0 Å². The number of hydrogen-bond acceptors (Lipinski definition) is 2. The first-order valence-corrected chi connectivity index (χ1v) is 8.13. The average molecular weight is 371 g/mol. The molecular weight excluding hydrogens is 355 g/mol. The number of aromatic nitrogens is 2. The van der Waals surface area contributed by atoms with E-state index in [1.807, 2.05) is 30.3 Å². The molecule has 0 saturated heterocycles. The summed E-state index contributed by atoms with van der Waals surface area (Å²) in [6, 6.07) is 16.8. The van der Waals surface area contributed by atoms with E-state index in [9.17, 15) is 18.0 Å². The van der Waals surface area contributed by atoms with Crippen molar-refractivity contribution in [2.45, 2.75) is 12.7 Å². The second kappa shape index (κ2) is 7.90. The second-order valence-corrected chi connectivity index (χ2v) is 5.82. The zero-order valence-electron chi connectivity index (χ0n) is 14.1. The number of anilines is 1. The largest absolute Gasteiger partial charge is 0.417 e. The standard InChI is InChI=1S/C20H16F3N3O/c21-20(22,23)18(16-9-5-2-6-10-16)11-19(27)25-17-12-24-26(14-17)13-15-7-3-1-4-8-15/h1-12,14H,13H2,(H,25,27)/b18-11+. The lowest BCUT2D eigenvalue weighted by Crippen LogP contribution is -2.15. The maximum atomic E-state index is 13.3. The number of benzene rings is 2. The van der Waals surface area contributed by atoms with Crippen molar-refractivity contribution in [3.63, 3.8) is 0 Å². The zero-order chi connectivity index (χ0) is 19.3. The first kappa shape index (κ1) is 18.4. The van der Waals surface area contributed by atoms with Crippen LogP contribution in [-0.2, 0) is 11.3 Å². The van der Waals surface area contributed by atoms with Crippen molar-refractivity contribution in [3.05, 3.63) is 90.3 Å². The van der Waals surface area contributed by atoms with Gasteiger partial charge in [0, 0.05) is 12.3 Å². The van der Waals surface area contributed by atoms with E-state index in [2.05, 4.69) is 10.4 Å². The van der Waals surface area contributed by atoms with Crippen molar-refractivity contribution in [2.75, 3.05) is 5.32 Å². The van der Waals surface area contributed by atoms with Crippen LogP contribution in [-0.4, -0.2) is 21.9 Å². The van der Waals surface area contributed by atoms with Gasteiger partial charge < -0.3 is 5.32 Å². The number of nitrogens with zero attached hydrogens (tertiary/aromatic N) is 2. The summed E-state index contributed by atoms with van der Waals surface area (Å²) in [5, 5.41) is 6.53. The minimum atomic E-state index is -4.64. The molecule has 0 radical (unpaired) electrons. The van der Waals surface area contributed by atoms with E-state index < -0.39 is 17.7 Å². The first-order chi connectivity index (χ1) is 12.9. The Balaban J connectivity index is 1.73. The summed E-state index contributed by atoms with van der Waals surface area (Å²) in [5.41, 5.74) is 0.265. The molecule has 1 aromatic heterocycles. The molecule has 3 aromatic rings. The Morgan fingerprint density at radius 1 is 1.04 bits per heavy atom. The van der Waals surface area contributed by atoms with E-state index in [0.717, 1.165) is 5.56 Å². The quantitative estimate of drug-likeness (QED) is 0.671. The van der Waals surface area contributed by atoms with Gasteiger partial charge in [-0.3, -0.25) is 9.48 Å². The predicted octanol–water partition coefficient (Wildman–Crippen LogP) is 4.52. The van der Waals surface area contributed by atoms with E-state index in [1.165, 1.54) is 30.5 Å². The number of halogens is 3. The van der Waals surface area contributed by atoms with Gasteiger partial charge >= 0.3 is 6.18 Å². The van der Waals surface area contributed by atoms with Crippen LogP contribution in [0.5, 0.6) is 0 Å². The lowest BCUT2D eigenvalue weighted by Gasteiger charge is -2.11. The highest BCUT2D eigenvalue weighted by atomic mass is 19.4. The molecule has 0 saturated carbocycles. The van der Waals surface area contributed by atoms with Crippen molar-refractivity contribution < 1.29 is 18.0 Å². The van der Waals surface area contributed by atoms with E-state index in [-0.39, 0.29) is 5.56 Å². The first-order valence-electron chi connectivity index (χ1n) is 8.13. The molecule has 7 heteroatoms. The van der Waals surface area contributed by atoms with E-state index in [0.29, 0.717) is 18.3 Å². The molecular formula is C20H16F3N3O. The van der Waals surface area contributed by atoms with Gasteiger partial charge in [-0.15, -0.1) is 0 Å². The van der Waals surface area contributed by atoms with Crippen LogP contribution in [0.15, 0.2) is 79.1 Å². The molecule has 0 unspecified atom stereocenters. The van der Waals surface area contributed by atoms with Gasteiger partial charge in [0.05, 0.1) is 24.0 Å². The normalized spacial score (nSPS) is 12.0. The molecule has 0 atom stereocenters. The number of allylic oxidation sites excluding steroid dienone is 1. The molecule has 27 heavy (non-hydrogen) atoms. The molecule has 0 aliphatic carbocycles. The van der Waals surface area contributed by atoms with E-state index >= 15 is 0 Å². The van der Waals surface area contributed by atoms with Gasteiger partial charge in [-0.1, -0.05) is 60.7 Å². The molecule has 1 amide bonds. The number of carbonyl (C=O) groups excluding carboxylic acids is 1. The van der Waals surface area contributed by atoms with Gasteiger partial charge in [0.25, 0.3) is 0 Å². The summed E-state index contributed by atoms with van der Waals surface area (Å²) in [5.74, 6) is -0.870. The maximum absolute atomic E-state index is 13.3. The third-order valence-corrected chi connectivity index (χ3v) is 3.75. The van der Waals surface area contributed by atoms with Crippen LogP contribution in [0.2, 0.25) is 0 Å². The lowest BCUT2D eigenvalue weighted by molar-refractivity contribution is -0.112. The molecule has 2 aromatic carbocycles. The Morgan fingerprint density at radius 2 is 1.67 bits per heavy atom. The van der Waals surface area contributed by atoms with E-state index in [1.54, 1.807) is 16.9 Å². The molecule has 4 nitrogen and oxygen atoms in total. The number of alkyl halides is 3. The van der Waals surface area contributed by atoms with Gasteiger partial charge in [-0.2, -0.15) is 18.3 Å². The second-order valence-electron chi connectivity index (χ2n) is 5.82. The fourth-order valence-corrected chi connectivity index (χ4v) is 2.54. The van der Waals surface area contributed by atoms with Crippen LogP contribution in [0, 0.1) is 0 Å². The van der Waals surface area contributed by atoms with E-state index in [4.69, 9.17) is 0 Å². The number of rotatable bonds is 5. The molecule has 0 aliphatic heterocycles. The molecule has 1 heterocycles. The van der Waals surface area contributed by atoms with Crippen molar-refractivity contribution in [2.24, 2.45) is 0 Å². The van der Waals surface area contributed by atoms with Crippen LogP contribution in [0.25, 0.3) is 5.57 Å². The molecule has 1 N–H and O–H groups in total. The summed E-state index contributed by atoms with van der Waals surface area (Å²) in [7, 11) is 0. The molecule has 0 aliphatic rings. The number of hydrogen-bond donors (Lipinski definition) is 1. The third kappa shape index (κ3) is 5.07. The maximum Gasteiger partial charge on any atom is 0.417 e. The molecule has 0 bridgehead atoms. The van der Waals surface area contributed by atoms with Gasteiger partial charge in [0.1, 0.15) is 0 Å².